The van der Waals surface area contributed by atoms with E-state index >= 15 is 0 Å². The van der Waals surface area contributed by atoms with E-state index in [1.54, 1.807) is 4.57 Å². The van der Waals surface area contributed by atoms with E-state index in [1.165, 1.54) is 6.07 Å². The maximum atomic E-state index is 14.1. The van der Waals surface area contributed by atoms with E-state index < -0.39 is 11.6 Å². The Labute approximate surface area is 126 Å². The lowest BCUT2D eigenvalue weighted by atomic mass is 10.2. The van der Waals surface area contributed by atoms with Crippen molar-refractivity contribution in [2.24, 2.45) is 0 Å². The molecule has 1 aromatic carbocycles. The fraction of sp³-hybridized carbons (Fsp3) is 0.500. The first-order chi connectivity index (χ1) is 9.60. The van der Waals surface area contributed by atoms with Gasteiger partial charge in [0.2, 0.25) is 0 Å². The minimum atomic E-state index is -0.852. The minimum Gasteiger partial charge on any atom is -0.322 e. The molecule has 0 aliphatic rings. The molecule has 0 spiro atoms. The summed E-state index contributed by atoms with van der Waals surface area (Å²) in [4.78, 5) is 4.30. The van der Waals surface area contributed by atoms with Crippen molar-refractivity contribution in [2.75, 3.05) is 11.5 Å². The lowest BCUT2D eigenvalue weighted by Gasteiger charge is -2.17. The Balaban J connectivity index is 2.46. The molecule has 110 valence electrons. The van der Waals surface area contributed by atoms with Crippen molar-refractivity contribution in [3.63, 3.8) is 0 Å². The van der Waals surface area contributed by atoms with E-state index in [9.17, 15) is 8.78 Å². The van der Waals surface area contributed by atoms with Crippen molar-refractivity contribution >= 4 is 34.4 Å². The van der Waals surface area contributed by atoms with Crippen LogP contribution >= 0.6 is 23.4 Å². The zero-order valence-electron chi connectivity index (χ0n) is 11.5. The number of hydrogen-bond acceptors (Lipinski definition) is 2. The summed E-state index contributed by atoms with van der Waals surface area (Å²) in [7, 11) is 0. The molecule has 0 bridgehead atoms. The van der Waals surface area contributed by atoms with Gasteiger partial charge in [0.1, 0.15) is 11.3 Å². The predicted octanol–water partition coefficient (Wildman–Crippen LogP) is 4.76. The first-order valence-corrected chi connectivity index (χ1v) is 8.27. The van der Waals surface area contributed by atoms with Crippen LogP contribution in [0.15, 0.2) is 12.1 Å². The molecule has 0 saturated heterocycles. The van der Waals surface area contributed by atoms with E-state index in [0.29, 0.717) is 11.3 Å². The van der Waals surface area contributed by atoms with Crippen LogP contribution < -0.4 is 0 Å². The van der Waals surface area contributed by atoms with Gasteiger partial charge in [0.05, 0.1) is 11.4 Å². The lowest BCUT2D eigenvalue weighted by Crippen LogP contribution is -2.10. The molecule has 1 unspecified atom stereocenters. The number of nitrogens with zero attached hydrogens (tertiary/aromatic N) is 2. The third-order valence-electron chi connectivity index (χ3n) is 3.26. The van der Waals surface area contributed by atoms with Gasteiger partial charge in [-0.05, 0) is 37.0 Å². The normalized spacial score (nSPS) is 13.1. The van der Waals surface area contributed by atoms with E-state index in [-0.39, 0.29) is 17.4 Å². The molecule has 1 heterocycles. The number of alkyl halides is 1. The molecular formula is C14H17ClF2N2S. The molecule has 0 fully saturated rings. The van der Waals surface area contributed by atoms with Gasteiger partial charge in [0, 0.05) is 6.04 Å². The van der Waals surface area contributed by atoms with E-state index in [4.69, 9.17) is 11.6 Å². The Morgan fingerprint density at radius 2 is 2.15 bits per heavy atom. The zero-order valence-corrected chi connectivity index (χ0v) is 13.1. The molecular weight excluding hydrogens is 302 g/mol. The smallest absolute Gasteiger partial charge is 0.184 e. The van der Waals surface area contributed by atoms with Gasteiger partial charge in [-0.15, -0.1) is 11.6 Å². The van der Waals surface area contributed by atoms with E-state index in [0.717, 1.165) is 24.0 Å². The molecule has 0 aliphatic heterocycles. The predicted molar refractivity (Wildman–Crippen MR) is 81.5 cm³/mol. The SMILES string of the molecule is CCSCCC(C)n1c(CCl)nc2ccc(F)c(F)c21. The average Bonchev–Trinajstić information content (AvgIpc) is 2.82. The molecule has 0 N–H and O–H groups in total. The zero-order chi connectivity index (χ0) is 14.7. The Morgan fingerprint density at radius 1 is 1.40 bits per heavy atom. The third-order valence-corrected chi connectivity index (χ3v) is 4.43. The fourth-order valence-corrected chi connectivity index (χ4v) is 3.25. The second-order valence-corrected chi connectivity index (χ2v) is 6.26. The van der Waals surface area contributed by atoms with Crippen LogP contribution in [0.25, 0.3) is 11.0 Å². The third kappa shape index (κ3) is 2.93. The first-order valence-electron chi connectivity index (χ1n) is 6.58. The van der Waals surface area contributed by atoms with E-state index in [1.807, 2.05) is 18.7 Å². The quantitative estimate of drug-likeness (QED) is 0.564. The monoisotopic (exact) mass is 318 g/mol. The van der Waals surface area contributed by atoms with Crippen molar-refractivity contribution in [1.29, 1.82) is 0 Å². The van der Waals surface area contributed by atoms with Gasteiger partial charge in [-0.25, -0.2) is 13.8 Å². The Morgan fingerprint density at radius 3 is 2.80 bits per heavy atom. The number of thioether (sulfide) groups is 1. The molecule has 2 nitrogen and oxygen atoms in total. The van der Waals surface area contributed by atoms with Crippen molar-refractivity contribution < 1.29 is 8.78 Å². The lowest BCUT2D eigenvalue weighted by molar-refractivity contribution is 0.493. The highest BCUT2D eigenvalue weighted by atomic mass is 35.5. The van der Waals surface area contributed by atoms with Crippen molar-refractivity contribution in [2.45, 2.75) is 32.2 Å². The number of rotatable bonds is 6. The van der Waals surface area contributed by atoms with Crippen LogP contribution in [0.4, 0.5) is 8.78 Å². The van der Waals surface area contributed by atoms with Crippen LogP contribution in [-0.4, -0.2) is 21.1 Å². The maximum absolute atomic E-state index is 14.1. The Kier molecular flexibility index (Phi) is 5.27. The van der Waals surface area contributed by atoms with Crippen LogP contribution in [0.5, 0.6) is 0 Å². The molecule has 2 rings (SSSR count). The molecule has 1 aromatic heterocycles. The molecule has 0 radical (unpaired) electrons. The number of fused-ring (bicyclic) bond motifs is 1. The fourth-order valence-electron chi connectivity index (χ4n) is 2.27. The van der Waals surface area contributed by atoms with Crippen LogP contribution in [0.2, 0.25) is 0 Å². The number of hydrogen-bond donors (Lipinski definition) is 0. The summed E-state index contributed by atoms with van der Waals surface area (Å²) in [6, 6.07) is 2.63. The van der Waals surface area contributed by atoms with Crippen LogP contribution in [0, 0.1) is 11.6 Å². The van der Waals surface area contributed by atoms with Crippen molar-refractivity contribution in [1.82, 2.24) is 9.55 Å². The summed E-state index contributed by atoms with van der Waals surface area (Å²) >= 11 is 7.72. The van der Waals surface area contributed by atoms with Gasteiger partial charge in [0.15, 0.2) is 11.6 Å². The largest absolute Gasteiger partial charge is 0.322 e. The van der Waals surface area contributed by atoms with Crippen LogP contribution in [0.1, 0.15) is 32.1 Å². The molecule has 2 aromatic rings. The second-order valence-electron chi connectivity index (χ2n) is 4.60. The standard InChI is InChI=1S/C14H17ClF2N2S/c1-3-20-7-6-9(2)19-12(8-15)18-11-5-4-10(16)13(17)14(11)19/h4-5,9H,3,6-8H2,1-2H3. The molecule has 1 atom stereocenters. The Hall–Kier alpha value is -0.810. The molecule has 0 saturated carbocycles. The summed E-state index contributed by atoms with van der Waals surface area (Å²) < 4.78 is 29.3. The molecule has 6 heteroatoms. The summed E-state index contributed by atoms with van der Waals surface area (Å²) in [6.45, 7) is 4.08. The molecule has 0 aliphatic carbocycles. The van der Waals surface area contributed by atoms with Gasteiger partial charge < -0.3 is 4.57 Å². The van der Waals surface area contributed by atoms with Gasteiger partial charge in [-0.1, -0.05) is 6.92 Å². The van der Waals surface area contributed by atoms with Crippen LogP contribution in [-0.2, 0) is 5.88 Å². The van der Waals surface area contributed by atoms with Gasteiger partial charge in [-0.3, -0.25) is 0 Å². The highest BCUT2D eigenvalue weighted by Gasteiger charge is 2.20. The van der Waals surface area contributed by atoms with Gasteiger partial charge >= 0.3 is 0 Å². The topological polar surface area (TPSA) is 17.8 Å². The summed E-state index contributed by atoms with van der Waals surface area (Å²) in [5.41, 5.74) is 0.671. The number of halogens is 3. The second kappa shape index (κ2) is 6.76. The first kappa shape index (κ1) is 15.6. The van der Waals surface area contributed by atoms with Gasteiger partial charge in [0.25, 0.3) is 0 Å². The summed E-state index contributed by atoms with van der Waals surface area (Å²) in [5, 5.41) is 0. The molecule has 20 heavy (non-hydrogen) atoms. The summed E-state index contributed by atoms with van der Waals surface area (Å²) in [5.74, 6) is 1.08. The maximum Gasteiger partial charge on any atom is 0.184 e. The van der Waals surface area contributed by atoms with Crippen molar-refractivity contribution in [3.05, 3.63) is 29.6 Å². The molecule has 0 amide bonds. The highest BCUT2D eigenvalue weighted by Crippen LogP contribution is 2.28. The highest BCUT2D eigenvalue weighted by molar-refractivity contribution is 7.99. The van der Waals surface area contributed by atoms with Crippen LogP contribution in [0.3, 0.4) is 0 Å². The Bertz CT molecular complexity index is 600. The minimum absolute atomic E-state index is 0.0316. The number of imidazole rings is 1. The van der Waals surface area contributed by atoms with Crippen molar-refractivity contribution in [3.8, 4) is 0 Å². The van der Waals surface area contributed by atoms with Gasteiger partial charge in [-0.2, -0.15) is 11.8 Å². The number of aromatic nitrogens is 2. The summed E-state index contributed by atoms with van der Waals surface area (Å²) in [6.07, 6.45) is 0.865. The average molecular weight is 319 g/mol. The number of benzene rings is 1. The van der Waals surface area contributed by atoms with E-state index in [2.05, 4.69) is 11.9 Å².